The molecule has 0 spiro atoms. The van der Waals surface area contributed by atoms with E-state index in [9.17, 15) is 4.79 Å². The maximum Gasteiger partial charge on any atom is 0.241 e. The van der Waals surface area contributed by atoms with Gasteiger partial charge in [0.15, 0.2) is 5.96 Å². The average Bonchev–Trinajstić information content (AvgIpc) is 3.14. The second kappa shape index (κ2) is 8.39. The summed E-state index contributed by atoms with van der Waals surface area (Å²) in [6.07, 6.45) is 1.37. The molecule has 1 saturated heterocycles. The van der Waals surface area contributed by atoms with Gasteiger partial charge in [-0.05, 0) is 24.1 Å². The Morgan fingerprint density at radius 1 is 1.32 bits per heavy atom. The molecule has 28 heavy (non-hydrogen) atoms. The van der Waals surface area contributed by atoms with E-state index >= 15 is 0 Å². The maximum absolute atomic E-state index is 12.0. The Morgan fingerprint density at radius 2 is 2.04 bits per heavy atom. The number of amides is 1. The van der Waals surface area contributed by atoms with Gasteiger partial charge in [0.05, 0.1) is 26.3 Å². The zero-order chi connectivity index (χ0) is 20.3. The van der Waals surface area contributed by atoms with E-state index in [0.29, 0.717) is 24.5 Å². The van der Waals surface area contributed by atoms with Crippen molar-refractivity contribution >= 4 is 11.9 Å². The summed E-state index contributed by atoms with van der Waals surface area (Å²) < 4.78 is 11.1. The molecule has 1 aromatic carbocycles. The van der Waals surface area contributed by atoms with Crippen LogP contribution in [0.2, 0.25) is 0 Å². The largest absolute Gasteiger partial charge is 0.497 e. The van der Waals surface area contributed by atoms with Crippen molar-refractivity contribution in [2.45, 2.75) is 39.0 Å². The number of nitrogens with one attached hydrogen (secondary N) is 2. The SMILES string of the molecule is COc1ccc(CN=C(NCC(=O)N(C)C)NC2C3CCOC3C2(C)C)cc1. The van der Waals surface area contributed by atoms with E-state index in [1.54, 1.807) is 26.1 Å². The molecule has 0 aromatic heterocycles. The lowest BCUT2D eigenvalue weighted by atomic mass is 9.57. The van der Waals surface area contributed by atoms with Crippen LogP contribution >= 0.6 is 0 Å². The number of methoxy groups -OCH3 is 1. The van der Waals surface area contributed by atoms with Crippen LogP contribution in [0.15, 0.2) is 29.3 Å². The van der Waals surface area contributed by atoms with Gasteiger partial charge in [0.1, 0.15) is 5.75 Å². The molecule has 2 fully saturated rings. The zero-order valence-corrected chi connectivity index (χ0v) is 17.5. The van der Waals surface area contributed by atoms with Crippen LogP contribution in [-0.4, -0.2) is 63.3 Å². The molecule has 0 bridgehead atoms. The third-order valence-electron chi connectivity index (χ3n) is 5.88. The van der Waals surface area contributed by atoms with Crippen LogP contribution < -0.4 is 15.4 Å². The van der Waals surface area contributed by atoms with Crippen molar-refractivity contribution in [2.75, 3.05) is 34.4 Å². The number of guanidine groups is 1. The predicted molar refractivity (Wildman–Crippen MR) is 109 cm³/mol. The summed E-state index contributed by atoms with van der Waals surface area (Å²) >= 11 is 0. The fourth-order valence-corrected chi connectivity index (χ4v) is 4.14. The van der Waals surface area contributed by atoms with E-state index in [1.807, 2.05) is 24.3 Å². The molecule has 154 valence electrons. The van der Waals surface area contributed by atoms with Crippen molar-refractivity contribution < 1.29 is 14.3 Å². The lowest BCUT2D eigenvalue weighted by Gasteiger charge is -2.54. The van der Waals surface area contributed by atoms with Crippen LogP contribution in [0, 0.1) is 11.3 Å². The number of likely N-dealkylation sites (N-methyl/N-ethyl adjacent to an activating group) is 1. The Kier molecular flexibility index (Phi) is 6.13. The minimum atomic E-state index is 0.00823. The monoisotopic (exact) mass is 388 g/mol. The highest BCUT2D eigenvalue weighted by molar-refractivity contribution is 5.86. The van der Waals surface area contributed by atoms with E-state index in [-0.39, 0.29) is 23.9 Å². The predicted octanol–water partition coefficient (Wildman–Crippen LogP) is 1.63. The number of rotatable bonds is 6. The number of aliphatic imine (C=N–C) groups is 1. The first-order valence-corrected chi connectivity index (χ1v) is 9.82. The van der Waals surface area contributed by atoms with Crippen LogP contribution in [0.5, 0.6) is 5.75 Å². The smallest absolute Gasteiger partial charge is 0.241 e. The summed E-state index contributed by atoms with van der Waals surface area (Å²) in [6.45, 7) is 6.00. The van der Waals surface area contributed by atoms with Crippen molar-refractivity contribution in [1.82, 2.24) is 15.5 Å². The van der Waals surface area contributed by atoms with Crippen molar-refractivity contribution in [1.29, 1.82) is 0 Å². The third-order valence-corrected chi connectivity index (χ3v) is 5.88. The number of benzene rings is 1. The quantitative estimate of drug-likeness (QED) is 0.572. The molecule has 2 N–H and O–H groups in total. The number of carbonyl (C=O) groups is 1. The number of hydrogen-bond acceptors (Lipinski definition) is 4. The molecule has 1 saturated carbocycles. The van der Waals surface area contributed by atoms with Gasteiger partial charge >= 0.3 is 0 Å². The molecule has 1 aliphatic heterocycles. The Morgan fingerprint density at radius 3 is 2.68 bits per heavy atom. The first kappa shape index (κ1) is 20.5. The van der Waals surface area contributed by atoms with Gasteiger partial charge in [0.2, 0.25) is 5.91 Å². The molecule has 3 rings (SSSR count). The van der Waals surface area contributed by atoms with Crippen LogP contribution in [0.3, 0.4) is 0 Å². The molecule has 1 aromatic rings. The minimum Gasteiger partial charge on any atom is -0.497 e. The fraction of sp³-hybridized carbons (Fsp3) is 0.619. The number of ether oxygens (including phenoxy) is 2. The van der Waals surface area contributed by atoms with E-state index in [2.05, 4.69) is 24.5 Å². The van der Waals surface area contributed by atoms with Gasteiger partial charge in [-0.1, -0.05) is 26.0 Å². The highest BCUT2D eigenvalue weighted by Crippen LogP contribution is 2.52. The second-order valence-electron chi connectivity index (χ2n) is 8.34. The topological polar surface area (TPSA) is 75.2 Å². The average molecular weight is 389 g/mol. The fourth-order valence-electron chi connectivity index (χ4n) is 4.14. The van der Waals surface area contributed by atoms with Gasteiger partial charge in [-0.2, -0.15) is 0 Å². The minimum absolute atomic E-state index is 0.00823. The number of hydrogen-bond donors (Lipinski definition) is 2. The molecule has 1 amide bonds. The first-order valence-electron chi connectivity index (χ1n) is 9.82. The number of carbonyl (C=O) groups excluding carboxylic acids is 1. The first-order chi connectivity index (χ1) is 13.3. The number of nitrogens with zero attached hydrogens (tertiary/aromatic N) is 2. The molecule has 3 atom stereocenters. The van der Waals surface area contributed by atoms with Crippen LogP contribution in [0.4, 0.5) is 0 Å². The van der Waals surface area contributed by atoms with E-state index in [1.165, 1.54) is 0 Å². The molecule has 0 radical (unpaired) electrons. The third kappa shape index (κ3) is 4.24. The Labute approximate surface area is 167 Å². The normalized spacial score (nSPS) is 25.5. The summed E-state index contributed by atoms with van der Waals surface area (Å²) in [4.78, 5) is 18.3. The molecule has 1 heterocycles. The Bertz CT molecular complexity index is 715. The molecule has 3 unspecified atom stereocenters. The highest BCUT2D eigenvalue weighted by atomic mass is 16.5. The van der Waals surface area contributed by atoms with Gasteiger partial charge in [-0.3, -0.25) is 4.79 Å². The molecular formula is C21H32N4O3. The van der Waals surface area contributed by atoms with E-state index in [0.717, 1.165) is 24.3 Å². The van der Waals surface area contributed by atoms with Crippen LogP contribution in [0.25, 0.3) is 0 Å². The summed E-state index contributed by atoms with van der Waals surface area (Å²) in [7, 11) is 5.16. The Balaban J connectivity index is 1.69. The van der Waals surface area contributed by atoms with Gasteiger partial charge < -0.3 is 25.0 Å². The summed E-state index contributed by atoms with van der Waals surface area (Å²) in [5.41, 5.74) is 1.12. The van der Waals surface area contributed by atoms with Crippen molar-refractivity contribution in [2.24, 2.45) is 16.3 Å². The lowest BCUT2D eigenvalue weighted by Crippen LogP contribution is -2.68. The maximum atomic E-state index is 12.0. The molecule has 7 nitrogen and oxygen atoms in total. The molecule has 2 aliphatic rings. The standard InChI is InChI=1S/C21H32N4O3/c1-21(2)18(16-10-11-28-19(16)21)24-20(23-13-17(26)25(3)4)22-12-14-6-8-15(27-5)9-7-14/h6-9,16,18-19H,10-13H2,1-5H3,(H2,22,23,24). The zero-order valence-electron chi connectivity index (χ0n) is 17.5. The van der Waals surface area contributed by atoms with Crippen LogP contribution in [0.1, 0.15) is 25.8 Å². The summed E-state index contributed by atoms with van der Waals surface area (Å²) in [6, 6.07) is 8.13. The molecular weight excluding hydrogens is 356 g/mol. The second-order valence-corrected chi connectivity index (χ2v) is 8.34. The summed E-state index contributed by atoms with van der Waals surface area (Å²) in [5.74, 6) is 1.99. The van der Waals surface area contributed by atoms with Gasteiger partial charge in [-0.25, -0.2) is 4.99 Å². The molecule has 7 heteroatoms. The number of fused-ring (bicyclic) bond motifs is 1. The van der Waals surface area contributed by atoms with Crippen molar-refractivity contribution in [3.63, 3.8) is 0 Å². The van der Waals surface area contributed by atoms with Gasteiger partial charge in [0.25, 0.3) is 0 Å². The highest BCUT2D eigenvalue weighted by Gasteiger charge is 2.59. The van der Waals surface area contributed by atoms with E-state index < -0.39 is 0 Å². The Hall–Kier alpha value is -2.28. The van der Waals surface area contributed by atoms with Crippen molar-refractivity contribution in [3.05, 3.63) is 29.8 Å². The van der Waals surface area contributed by atoms with Crippen molar-refractivity contribution in [3.8, 4) is 5.75 Å². The van der Waals surface area contributed by atoms with Gasteiger partial charge in [0, 0.05) is 38.1 Å². The lowest BCUT2D eigenvalue weighted by molar-refractivity contribution is -0.127. The van der Waals surface area contributed by atoms with Gasteiger partial charge in [-0.15, -0.1) is 0 Å². The van der Waals surface area contributed by atoms with E-state index in [4.69, 9.17) is 14.5 Å². The summed E-state index contributed by atoms with van der Waals surface area (Å²) in [5, 5.41) is 6.76. The molecule has 1 aliphatic carbocycles. The van der Waals surface area contributed by atoms with Crippen LogP contribution in [-0.2, 0) is 16.1 Å².